The lowest BCUT2D eigenvalue weighted by molar-refractivity contribution is -0.114. The molecule has 3 N–H and O–H groups in total. The van der Waals surface area contributed by atoms with Gasteiger partial charge in [0.2, 0.25) is 5.91 Å². The van der Waals surface area contributed by atoms with Crippen molar-refractivity contribution in [3.8, 4) is 16.9 Å². The monoisotopic (exact) mass is 438 g/mol. The van der Waals surface area contributed by atoms with Crippen molar-refractivity contribution in [1.82, 2.24) is 10.2 Å². The molecule has 1 saturated heterocycles. The van der Waals surface area contributed by atoms with E-state index in [0.717, 1.165) is 36.2 Å². The molecule has 0 bridgehead atoms. The first-order valence-corrected chi connectivity index (χ1v) is 11.4. The number of urea groups is 1. The molecule has 1 aliphatic rings. The molecule has 1 aliphatic heterocycles. The Balaban J connectivity index is 1.51. The molecule has 1 fully saturated rings. The van der Waals surface area contributed by atoms with Gasteiger partial charge in [0.25, 0.3) is 0 Å². The molecule has 7 heteroatoms. The van der Waals surface area contributed by atoms with Crippen molar-refractivity contribution in [3.05, 3.63) is 42.5 Å². The van der Waals surface area contributed by atoms with Crippen molar-refractivity contribution in [1.29, 1.82) is 0 Å². The van der Waals surface area contributed by atoms with Crippen LogP contribution in [0.2, 0.25) is 0 Å². The fraction of sp³-hybridized carbons (Fsp3) is 0.440. The van der Waals surface area contributed by atoms with Gasteiger partial charge in [0.05, 0.1) is 12.8 Å². The van der Waals surface area contributed by atoms with Crippen molar-refractivity contribution >= 4 is 23.3 Å². The molecule has 3 amide bonds. The van der Waals surface area contributed by atoms with Crippen LogP contribution in [0.15, 0.2) is 42.5 Å². The van der Waals surface area contributed by atoms with Gasteiger partial charge in [-0.15, -0.1) is 0 Å². The molecule has 7 nitrogen and oxygen atoms in total. The molecule has 32 heavy (non-hydrogen) atoms. The second-order valence-electron chi connectivity index (χ2n) is 8.17. The van der Waals surface area contributed by atoms with E-state index in [1.165, 1.54) is 39.3 Å². The fourth-order valence-electron chi connectivity index (χ4n) is 3.97. The maximum Gasteiger partial charge on any atom is 0.319 e. The average molecular weight is 439 g/mol. The van der Waals surface area contributed by atoms with E-state index in [1.807, 2.05) is 42.5 Å². The number of hydrogen-bond donors (Lipinski definition) is 3. The lowest BCUT2D eigenvalue weighted by Crippen LogP contribution is -2.32. The number of hydrogen-bond acceptors (Lipinski definition) is 4. The third-order valence-corrected chi connectivity index (χ3v) is 5.60. The van der Waals surface area contributed by atoms with Crippen LogP contribution >= 0.6 is 0 Å². The van der Waals surface area contributed by atoms with Crippen LogP contribution < -0.4 is 20.7 Å². The number of amides is 3. The number of rotatable bonds is 9. The SMILES string of the molecule is COc1cc(-c2cccc(NC(C)=O)c2)ccc1NC(=O)NCCCCN1CCCCC1. The van der Waals surface area contributed by atoms with Crippen molar-refractivity contribution in [2.45, 2.75) is 39.0 Å². The summed E-state index contributed by atoms with van der Waals surface area (Å²) in [7, 11) is 1.58. The molecular formula is C25H34N4O3. The Morgan fingerprint density at radius 3 is 2.50 bits per heavy atom. The molecule has 2 aromatic carbocycles. The molecule has 0 aromatic heterocycles. The molecule has 0 atom stereocenters. The van der Waals surface area contributed by atoms with Crippen molar-refractivity contribution in [2.24, 2.45) is 0 Å². The Bertz CT molecular complexity index is 910. The third-order valence-electron chi connectivity index (χ3n) is 5.60. The summed E-state index contributed by atoms with van der Waals surface area (Å²) in [4.78, 5) is 26.1. The summed E-state index contributed by atoms with van der Waals surface area (Å²) in [6.07, 6.45) is 6.02. The van der Waals surface area contributed by atoms with Crippen LogP contribution in [-0.4, -0.2) is 50.1 Å². The van der Waals surface area contributed by atoms with Gasteiger partial charge in [0.1, 0.15) is 5.75 Å². The van der Waals surface area contributed by atoms with E-state index in [4.69, 9.17) is 4.74 Å². The van der Waals surface area contributed by atoms with Crippen LogP contribution in [0.3, 0.4) is 0 Å². The minimum absolute atomic E-state index is 0.114. The van der Waals surface area contributed by atoms with E-state index in [0.29, 0.717) is 18.0 Å². The maximum atomic E-state index is 12.3. The Labute approximate surface area is 190 Å². The Kier molecular flexibility index (Phi) is 8.92. The van der Waals surface area contributed by atoms with E-state index in [1.54, 1.807) is 7.11 Å². The summed E-state index contributed by atoms with van der Waals surface area (Å²) in [5.41, 5.74) is 3.22. The van der Waals surface area contributed by atoms with Crippen LogP contribution in [0.1, 0.15) is 39.0 Å². The Morgan fingerprint density at radius 2 is 1.75 bits per heavy atom. The predicted molar refractivity (Wildman–Crippen MR) is 129 cm³/mol. The molecule has 3 rings (SSSR count). The molecule has 172 valence electrons. The number of piperidine rings is 1. The summed E-state index contributed by atoms with van der Waals surface area (Å²) in [5, 5.41) is 8.59. The summed E-state index contributed by atoms with van der Waals surface area (Å²) in [5.74, 6) is 0.462. The van der Waals surface area contributed by atoms with Gasteiger partial charge >= 0.3 is 6.03 Å². The van der Waals surface area contributed by atoms with E-state index < -0.39 is 0 Å². The first-order valence-electron chi connectivity index (χ1n) is 11.4. The molecular weight excluding hydrogens is 404 g/mol. The van der Waals surface area contributed by atoms with Gasteiger partial charge in [-0.2, -0.15) is 0 Å². The van der Waals surface area contributed by atoms with Crippen LogP contribution in [0.4, 0.5) is 16.2 Å². The van der Waals surface area contributed by atoms with Crippen LogP contribution in [-0.2, 0) is 4.79 Å². The summed E-state index contributed by atoms with van der Waals surface area (Å²) < 4.78 is 5.50. The van der Waals surface area contributed by atoms with E-state index in [-0.39, 0.29) is 11.9 Å². The first kappa shape index (κ1) is 23.6. The first-order chi connectivity index (χ1) is 15.5. The van der Waals surface area contributed by atoms with Gasteiger partial charge in [0.15, 0.2) is 0 Å². The zero-order chi connectivity index (χ0) is 22.8. The van der Waals surface area contributed by atoms with Gasteiger partial charge in [-0.25, -0.2) is 4.79 Å². The predicted octanol–water partition coefficient (Wildman–Crippen LogP) is 4.71. The van der Waals surface area contributed by atoms with Gasteiger partial charge in [-0.05, 0) is 80.7 Å². The van der Waals surface area contributed by atoms with Crippen molar-refractivity contribution < 1.29 is 14.3 Å². The van der Waals surface area contributed by atoms with Gasteiger partial charge < -0.3 is 25.6 Å². The van der Waals surface area contributed by atoms with Crippen LogP contribution in [0, 0.1) is 0 Å². The highest BCUT2D eigenvalue weighted by Crippen LogP contribution is 2.31. The van der Waals surface area contributed by atoms with Crippen molar-refractivity contribution in [3.63, 3.8) is 0 Å². The van der Waals surface area contributed by atoms with E-state index in [9.17, 15) is 9.59 Å². The molecule has 2 aromatic rings. The number of anilines is 2. The normalized spacial score (nSPS) is 13.9. The smallest absolute Gasteiger partial charge is 0.319 e. The van der Waals surface area contributed by atoms with Crippen molar-refractivity contribution in [2.75, 3.05) is 43.9 Å². The number of benzene rings is 2. The van der Waals surface area contributed by atoms with Gasteiger partial charge in [0, 0.05) is 19.2 Å². The zero-order valence-electron chi connectivity index (χ0n) is 19.1. The third kappa shape index (κ3) is 7.27. The Morgan fingerprint density at radius 1 is 0.969 bits per heavy atom. The minimum Gasteiger partial charge on any atom is -0.495 e. The number of carbonyl (C=O) groups excluding carboxylic acids is 2. The van der Waals surface area contributed by atoms with Gasteiger partial charge in [-0.3, -0.25) is 4.79 Å². The summed E-state index contributed by atoms with van der Waals surface area (Å²) >= 11 is 0. The van der Waals surface area contributed by atoms with Gasteiger partial charge in [-0.1, -0.05) is 24.6 Å². The van der Waals surface area contributed by atoms with Crippen LogP contribution in [0.5, 0.6) is 5.75 Å². The molecule has 0 spiro atoms. The number of unbranched alkanes of at least 4 members (excludes halogenated alkanes) is 1. The van der Waals surface area contributed by atoms with E-state index >= 15 is 0 Å². The fourth-order valence-corrected chi connectivity index (χ4v) is 3.97. The highest BCUT2D eigenvalue weighted by Gasteiger charge is 2.11. The molecule has 1 heterocycles. The highest BCUT2D eigenvalue weighted by atomic mass is 16.5. The minimum atomic E-state index is -0.235. The molecule has 0 unspecified atom stereocenters. The topological polar surface area (TPSA) is 82.7 Å². The number of carbonyl (C=O) groups is 2. The quantitative estimate of drug-likeness (QED) is 0.495. The standard InChI is InChI=1S/C25H34N4O3/c1-19(30)27-22-10-8-9-20(17-22)21-11-12-23(24(18-21)32-2)28-25(31)26-13-4-7-16-29-14-5-3-6-15-29/h8-12,17-18H,3-7,13-16H2,1-2H3,(H,27,30)(H2,26,28,31). The number of methoxy groups -OCH3 is 1. The number of ether oxygens (including phenoxy) is 1. The zero-order valence-corrected chi connectivity index (χ0v) is 19.1. The number of nitrogens with zero attached hydrogens (tertiary/aromatic N) is 1. The van der Waals surface area contributed by atoms with Crippen LogP contribution in [0.25, 0.3) is 11.1 Å². The highest BCUT2D eigenvalue weighted by molar-refractivity contribution is 5.92. The lowest BCUT2D eigenvalue weighted by atomic mass is 10.0. The average Bonchev–Trinajstić information content (AvgIpc) is 2.79. The van der Waals surface area contributed by atoms with E-state index in [2.05, 4.69) is 20.9 Å². The number of nitrogens with one attached hydrogen (secondary N) is 3. The molecule has 0 radical (unpaired) electrons. The second-order valence-corrected chi connectivity index (χ2v) is 8.17. The summed E-state index contributed by atoms with van der Waals surface area (Å²) in [6.45, 7) is 5.66. The summed E-state index contributed by atoms with van der Waals surface area (Å²) in [6, 6.07) is 13.0. The largest absolute Gasteiger partial charge is 0.495 e. The Hall–Kier alpha value is -3.06. The second kappa shape index (κ2) is 12.1. The number of likely N-dealkylation sites (tertiary alicyclic amines) is 1. The molecule has 0 saturated carbocycles. The lowest BCUT2D eigenvalue weighted by Gasteiger charge is -2.26. The molecule has 0 aliphatic carbocycles. The maximum absolute atomic E-state index is 12.3.